The molecule has 2 N–H and O–H groups in total. The number of ether oxygens (including phenoxy) is 2. The Morgan fingerprint density at radius 3 is 2.57 bits per heavy atom. The number of methoxy groups -OCH3 is 1. The number of para-hydroxylation sites is 1. The molecular weight excluding hydrogens is 385 g/mol. The third-order valence-electron chi connectivity index (χ3n) is 4.91. The molecule has 0 spiro atoms. The maximum atomic E-state index is 14.3. The number of carboxylic acid groups (broad SMARTS) is 1. The van der Waals surface area contributed by atoms with Gasteiger partial charge in [0.15, 0.2) is 11.5 Å². The quantitative estimate of drug-likeness (QED) is 0.444. The van der Waals surface area contributed by atoms with Gasteiger partial charge in [-0.1, -0.05) is 42.5 Å². The molecule has 4 rings (SSSR count). The zero-order valence-corrected chi connectivity index (χ0v) is 16.3. The van der Waals surface area contributed by atoms with E-state index >= 15 is 0 Å². The van der Waals surface area contributed by atoms with E-state index in [9.17, 15) is 14.3 Å². The fourth-order valence-electron chi connectivity index (χ4n) is 3.50. The predicted molar refractivity (Wildman–Crippen MR) is 112 cm³/mol. The van der Waals surface area contributed by atoms with Crippen molar-refractivity contribution in [3.63, 3.8) is 0 Å². The van der Waals surface area contributed by atoms with Crippen molar-refractivity contribution in [3.8, 4) is 22.8 Å². The minimum Gasteiger partial charge on any atom is -0.493 e. The SMILES string of the molecule is COc1cc(-c2[nH]c3c(F)cccc3c2CC(=O)O)ccc1OCc1ccccc1. The van der Waals surface area contributed by atoms with E-state index in [1.807, 2.05) is 30.3 Å². The highest BCUT2D eigenvalue weighted by Gasteiger charge is 2.19. The molecule has 0 bridgehead atoms. The van der Waals surface area contributed by atoms with Gasteiger partial charge >= 0.3 is 5.97 Å². The molecular formula is C24H20FNO4. The zero-order valence-electron chi connectivity index (χ0n) is 16.3. The predicted octanol–water partition coefficient (Wildman–Crippen LogP) is 5.19. The van der Waals surface area contributed by atoms with Gasteiger partial charge < -0.3 is 19.6 Å². The highest BCUT2D eigenvalue weighted by molar-refractivity contribution is 5.94. The Morgan fingerprint density at radius 1 is 1.03 bits per heavy atom. The molecule has 0 radical (unpaired) electrons. The van der Waals surface area contributed by atoms with E-state index in [1.54, 1.807) is 30.3 Å². The van der Waals surface area contributed by atoms with Crippen LogP contribution >= 0.6 is 0 Å². The number of benzene rings is 3. The van der Waals surface area contributed by atoms with Crippen LogP contribution in [0.15, 0.2) is 66.7 Å². The molecule has 30 heavy (non-hydrogen) atoms. The van der Waals surface area contributed by atoms with Crippen LogP contribution in [0.2, 0.25) is 0 Å². The van der Waals surface area contributed by atoms with Crippen LogP contribution in [0.25, 0.3) is 22.2 Å². The highest BCUT2D eigenvalue weighted by Crippen LogP contribution is 2.37. The maximum absolute atomic E-state index is 14.3. The lowest BCUT2D eigenvalue weighted by Gasteiger charge is -2.13. The second-order valence-corrected chi connectivity index (χ2v) is 6.85. The molecule has 4 aromatic rings. The average molecular weight is 405 g/mol. The molecule has 0 aliphatic rings. The number of nitrogens with one attached hydrogen (secondary N) is 1. The molecule has 5 nitrogen and oxygen atoms in total. The number of aromatic nitrogens is 1. The molecule has 0 fully saturated rings. The summed E-state index contributed by atoms with van der Waals surface area (Å²) in [5.74, 6) is -0.354. The molecule has 0 amide bonds. The van der Waals surface area contributed by atoms with E-state index in [1.165, 1.54) is 13.2 Å². The van der Waals surface area contributed by atoms with E-state index in [0.29, 0.717) is 40.3 Å². The third-order valence-corrected chi connectivity index (χ3v) is 4.91. The van der Waals surface area contributed by atoms with Gasteiger partial charge in [-0.25, -0.2) is 4.39 Å². The van der Waals surface area contributed by atoms with E-state index in [4.69, 9.17) is 9.47 Å². The molecule has 0 atom stereocenters. The van der Waals surface area contributed by atoms with Crippen LogP contribution in [0.5, 0.6) is 11.5 Å². The Hall–Kier alpha value is -3.80. The Labute approximate surface area is 172 Å². The maximum Gasteiger partial charge on any atom is 0.307 e. The second-order valence-electron chi connectivity index (χ2n) is 6.85. The molecule has 0 saturated carbocycles. The number of carboxylic acids is 1. The molecule has 152 valence electrons. The Kier molecular flexibility index (Phi) is 5.39. The summed E-state index contributed by atoms with van der Waals surface area (Å²) in [6.07, 6.45) is -0.229. The normalized spacial score (nSPS) is 10.9. The lowest BCUT2D eigenvalue weighted by atomic mass is 10.0. The van der Waals surface area contributed by atoms with E-state index in [2.05, 4.69) is 4.98 Å². The lowest BCUT2D eigenvalue weighted by molar-refractivity contribution is -0.136. The van der Waals surface area contributed by atoms with Crippen molar-refractivity contribution in [2.45, 2.75) is 13.0 Å². The fourth-order valence-corrected chi connectivity index (χ4v) is 3.50. The molecule has 3 aromatic carbocycles. The van der Waals surface area contributed by atoms with Crippen LogP contribution in [0.4, 0.5) is 4.39 Å². The van der Waals surface area contributed by atoms with Gasteiger partial charge in [-0.15, -0.1) is 0 Å². The first-order valence-electron chi connectivity index (χ1n) is 9.43. The number of hydrogen-bond donors (Lipinski definition) is 2. The largest absolute Gasteiger partial charge is 0.493 e. The summed E-state index contributed by atoms with van der Waals surface area (Å²) in [4.78, 5) is 14.5. The van der Waals surface area contributed by atoms with Gasteiger partial charge in [0.2, 0.25) is 0 Å². The minimum absolute atomic E-state index is 0.229. The van der Waals surface area contributed by atoms with Gasteiger partial charge in [0, 0.05) is 10.9 Å². The van der Waals surface area contributed by atoms with Crippen molar-refractivity contribution in [1.29, 1.82) is 0 Å². The smallest absolute Gasteiger partial charge is 0.307 e. The van der Waals surface area contributed by atoms with Crippen molar-refractivity contribution in [2.24, 2.45) is 0 Å². The van der Waals surface area contributed by atoms with Crippen molar-refractivity contribution in [3.05, 3.63) is 83.7 Å². The van der Waals surface area contributed by atoms with Gasteiger partial charge in [0.1, 0.15) is 12.4 Å². The van der Waals surface area contributed by atoms with Crippen molar-refractivity contribution >= 4 is 16.9 Å². The zero-order chi connectivity index (χ0) is 21.1. The van der Waals surface area contributed by atoms with Gasteiger partial charge in [-0.3, -0.25) is 4.79 Å². The van der Waals surface area contributed by atoms with E-state index in [-0.39, 0.29) is 11.9 Å². The average Bonchev–Trinajstić information content (AvgIpc) is 3.12. The fraction of sp³-hybridized carbons (Fsp3) is 0.125. The molecule has 6 heteroatoms. The van der Waals surface area contributed by atoms with Crippen LogP contribution in [-0.4, -0.2) is 23.2 Å². The second kappa shape index (κ2) is 8.29. The number of aliphatic carboxylic acids is 1. The lowest BCUT2D eigenvalue weighted by Crippen LogP contribution is -2.01. The van der Waals surface area contributed by atoms with Gasteiger partial charge in [0.25, 0.3) is 0 Å². The summed E-state index contributed by atoms with van der Waals surface area (Å²) in [6, 6.07) is 19.7. The van der Waals surface area contributed by atoms with E-state index < -0.39 is 11.8 Å². The summed E-state index contributed by atoms with van der Waals surface area (Å²) < 4.78 is 25.7. The molecule has 0 aliphatic carbocycles. The summed E-state index contributed by atoms with van der Waals surface area (Å²) in [5, 5.41) is 9.91. The number of H-pyrrole nitrogens is 1. The number of carbonyl (C=O) groups is 1. The summed E-state index contributed by atoms with van der Waals surface area (Å²) >= 11 is 0. The van der Waals surface area contributed by atoms with Gasteiger partial charge in [0.05, 0.1) is 24.7 Å². The minimum atomic E-state index is -0.990. The Morgan fingerprint density at radius 2 is 1.83 bits per heavy atom. The van der Waals surface area contributed by atoms with Gasteiger partial charge in [-0.05, 0) is 35.4 Å². The monoisotopic (exact) mass is 405 g/mol. The van der Waals surface area contributed by atoms with Gasteiger partial charge in [-0.2, -0.15) is 0 Å². The highest BCUT2D eigenvalue weighted by atomic mass is 19.1. The molecule has 0 saturated heterocycles. The molecule has 0 unspecified atom stereocenters. The summed E-state index contributed by atoms with van der Waals surface area (Å²) in [6.45, 7) is 0.387. The number of halogens is 1. The first-order chi connectivity index (χ1) is 14.6. The Bertz CT molecular complexity index is 1200. The number of hydrogen-bond acceptors (Lipinski definition) is 3. The topological polar surface area (TPSA) is 71.6 Å². The summed E-state index contributed by atoms with van der Waals surface area (Å²) in [5.41, 5.74) is 3.07. The van der Waals surface area contributed by atoms with Crippen LogP contribution in [-0.2, 0) is 17.8 Å². The van der Waals surface area contributed by atoms with Crippen LogP contribution < -0.4 is 9.47 Å². The Balaban J connectivity index is 1.73. The van der Waals surface area contributed by atoms with Crippen molar-refractivity contribution in [2.75, 3.05) is 7.11 Å². The summed E-state index contributed by atoms with van der Waals surface area (Å²) in [7, 11) is 1.54. The molecule has 0 aliphatic heterocycles. The van der Waals surface area contributed by atoms with Crippen molar-refractivity contribution in [1.82, 2.24) is 4.98 Å². The first-order valence-corrected chi connectivity index (χ1v) is 9.43. The third kappa shape index (κ3) is 3.85. The number of rotatable bonds is 7. The van der Waals surface area contributed by atoms with E-state index in [0.717, 1.165) is 5.56 Å². The molecule has 1 heterocycles. The van der Waals surface area contributed by atoms with Crippen molar-refractivity contribution < 1.29 is 23.8 Å². The van der Waals surface area contributed by atoms with Crippen LogP contribution in [0.3, 0.4) is 0 Å². The standard InChI is InChI=1S/C24H20FNO4/c1-29-21-12-16(10-11-20(21)30-14-15-6-3-2-4-7-15)23-18(13-22(27)28)17-8-5-9-19(25)24(17)26-23/h2-12,26H,13-14H2,1H3,(H,27,28). The number of aromatic amines is 1. The van der Waals surface area contributed by atoms with Crippen LogP contribution in [0.1, 0.15) is 11.1 Å². The first kappa shape index (κ1) is 19.5. The molecule has 1 aromatic heterocycles. The van der Waals surface area contributed by atoms with Crippen LogP contribution in [0, 0.1) is 5.82 Å². The number of fused-ring (bicyclic) bond motifs is 1.